The van der Waals surface area contributed by atoms with Crippen LogP contribution in [0.2, 0.25) is 0 Å². The number of hydrogen-bond donors (Lipinski definition) is 7. The van der Waals surface area contributed by atoms with Gasteiger partial charge in [0.05, 0.1) is 12.2 Å². The first-order chi connectivity index (χ1) is 13.5. The van der Waals surface area contributed by atoms with Crippen molar-refractivity contribution in [3.05, 3.63) is 22.1 Å². The minimum absolute atomic E-state index is 0.138. The maximum Gasteiger partial charge on any atom is 0.490 e. The van der Waals surface area contributed by atoms with Crippen molar-refractivity contribution in [3.63, 3.8) is 0 Å². The summed E-state index contributed by atoms with van der Waals surface area (Å²) in [6.07, 6.45) is -5.21. The van der Waals surface area contributed by atoms with Crippen molar-refractivity contribution in [2.24, 2.45) is 7.05 Å². The molecule has 2 rings (SSSR count). The van der Waals surface area contributed by atoms with Crippen LogP contribution < -0.4 is 11.3 Å². The first kappa shape index (κ1) is 25.2. The molecule has 0 radical (unpaired) electrons. The zero-order chi connectivity index (χ0) is 23.1. The lowest BCUT2D eigenvalue weighted by atomic mass is 10.0. The van der Waals surface area contributed by atoms with Gasteiger partial charge in [0.1, 0.15) is 24.4 Å². The fourth-order valence-corrected chi connectivity index (χ4v) is 5.42. The summed E-state index contributed by atoms with van der Waals surface area (Å²) in [4.78, 5) is 50.9. The second kappa shape index (κ2) is 8.84. The molecule has 0 bridgehead atoms. The minimum atomic E-state index is -5.72. The van der Waals surface area contributed by atoms with E-state index >= 15 is 0 Å². The second-order valence-electron chi connectivity index (χ2n) is 5.93. The van der Waals surface area contributed by atoms with Gasteiger partial charge in [0.25, 0.3) is 5.56 Å². The molecule has 0 saturated carbocycles. The first-order valence-corrected chi connectivity index (χ1v) is 12.2. The number of aliphatic hydroxyl groups is 2. The van der Waals surface area contributed by atoms with Gasteiger partial charge in [0.2, 0.25) is 5.95 Å². The number of nitrogen functional groups attached to an aromatic ring is 1. The van der Waals surface area contributed by atoms with Gasteiger partial charge in [-0.15, -0.1) is 0 Å². The van der Waals surface area contributed by atoms with Gasteiger partial charge >= 0.3 is 23.5 Å². The zero-order valence-corrected chi connectivity index (χ0v) is 17.5. The molecule has 8 N–H and O–H groups in total. The normalized spacial score (nSPS) is 28.8. The number of anilines is 1. The smallest absolute Gasteiger partial charge is 0.387 e. The summed E-state index contributed by atoms with van der Waals surface area (Å²) in [6, 6.07) is 0. The predicted octanol–water partition coefficient (Wildman–Crippen LogP) is -2.13. The minimum Gasteiger partial charge on any atom is -0.387 e. The van der Waals surface area contributed by atoms with Crippen LogP contribution in [0.1, 0.15) is 11.7 Å². The Hall–Kier alpha value is -1.03. The number of hydrogen-bond acceptors (Lipinski definition) is 12. The van der Waals surface area contributed by atoms with Gasteiger partial charge in [-0.05, 0) is 0 Å². The molecule has 1 fully saturated rings. The third kappa shape index (κ3) is 6.48. The number of aliphatic hydroxyl groups excluding tert-OH is 2. The quantitative estimate of drug-likeness (QED) is 0.189. The summed E-state index contributed by atoms with van der Waals surface area (Å²) < 4.78 is 51.5. The molecule has 0 aliphatic carbocycles. The Morgan fingerprint density at radius 3 is 2.30 bits per heavy atom. The van der Waals surface area contributed by atoms with Gasteiger partial charge in [-0.3, -0.25) is 9.32 Å². The lowest BCUT2D eigenvalue weighted by molar-refractivity contribution is -0.0227. The maximum atomic E-state index is 12.0. The van der Waals surface area contributed by atoms with Crippen LogP contribution >= 0.6 is 23.5 Å². The number of ether oxygens (including phenoxy) is 1. The van der Waals surface area contributed by atoms with Crippen LogP contribution in [0, 0.1) is 0 Å². The second-order valence-corrected chi connectivity index (χ2v) is 10.4. The van der Waals surface area contributed by atoms with Crippen molar-refractivity contribution < 1.29 is 61.4 Å². The molecule has 0 aromatic carbocycles. The highest BCUT2D eigenvalue weighted by Gasteiger charge is 2.47. The third-order valence-electron chi connectivity index (χ3n) is 3.64. The maximum absolute atomic E-state index is 12.0. The van der Waals surface area contributed by atoms with Crippen molar-refractivity contribution in [1.29, 1.82) is 0 Å². The Bertz CT molecular complexity index is 992. The third-order valence-corrected chi connectivity index (χ3v) is 7.45. The number of nitrogens with two attached hydrogens (primary N) is 1. The molecular weight excluding hydrogens is 479 g/mol. The van der Waals surface area contributed by atoms with Crippen molar-refractivity contribution in [2.75, 3.05) is 12.3 Å². The van der Waals surface area contributed by atoms with Crippen LogP contribution in [0.25, 0.3) is 0 Å². The summed E-state index contributed by atoms with van der Waals surface area (Å²) in [5.74, 6) is -0.138. The summed E-state index contributed by atoms with van der Waals surface area (Å²) in [5.41, 5.74) is 4.41. The summed E-state index contributed by atoms with van der Waals surface area (Å²) in [6.45, 7) is -1.01. The highest BCUT2D eigenvalue weighted by Crippen LogP contribution is 2.66. The van der Waals surface area contributed by atoms with E-state index in [1.165, 1.54) is 17.8 Å². The number of aromatic nitrogens is 2. The van der Waals surface area contributed by atoms with E-state index < -0.39 is 60.1 Å². The molecule has 172 valence electrons. The number of nitrogens with zero attached hydrogens (tertiary/aromatic N) is 2. The van der Waals surface area contributed by atoms with Gasteiger partial charge in [-0.1, -0.05) is 0 Å². The van der Waals surface area contributed by atoms with Crippen LogP contribution in [0.3, 0.4) is 0 Å². The van der Waals surface area contributed by atoms with Crippen molar-refractivity contribution in [2.45, 2.75) is 24.4 Å². The highest BCUT2D eigenvalue weighted by atomic mass is 31.3. The molecule has 0 amide bonds. The molecule has 6 atom stereocenters. The highest BCUT2D eigenvalue weighted by molar-refractivity contribution is 7.66. The predicted molar refractivity (Wildman–Crippen MR) is 93.3 cm³/mol. The molecule has 20 heteroatoms. The van der Waals surface area contributed by atoms with E-state index in [9.17, 15) is 33.6 Å². The molecule has 1 aliphatic rings. The zero-order valence-electron chi connectivity index (χ0n) is 14.9. The topological polar surface area (TPSA) is 270 Å². The first-order valence-electron chi connectivity index (χ1n) is 7.64. The number of aryl methyl sites for hydroxylation is 1. The molecule has 30 heavy (non-hydrogen) atoms. The van der Waals surface area contributed by atoms with E-state index in [1.807, 2.05) is 0 Å². The largest absolute Gasteiger partial charge is 0.490 e. The van der Waals surface area contributed by atoms with E-state index in [2.05, 4.69) is 18.1 Å². The lowest BCUT2D eigenvalue weighted by Gasteiger charge is -2.19. The molecule has 1 saturated heterocycles. The molecule has 2 heterocycles. The van der Waals surface area contributed by atoms with E-state index in [1.54, 1.807) is 0 Å². The van der Waals surface area contributed by atoms with Gasteiger partial charge in [0, 0.05) is 13.2 Å². The Kier molecular flexibility index (Phi) is 7.44. The Morgan fingerprint density at radius 2 is 1.73 bits per heavy atom. The summed E-state index contributed by atoms with van der Waals surface area (Å²) in [7, 11) is -15.3. The Morgan fingerprint density at radius 1 is 1.13 bits per heavy atom. The van der Waals surface area contributed by atoms with Crippen LogP contribution in [0.5, 0.6) is 0 Å². The molecule has 1 aliphatic heterocycles. The Labute approximate surface area is 167 Å². The standard InChI is InChI=1S/C10H18N3O14P3/c1-13-2-4(9(16)12-10(13)11)8-7(15)6(14)5(25-8)3-24-29(20,21)27-30(22,23)26-28(17,18)19/h2,5-8,14-15H,3H2,1H3,(H,20,21)(H,22,23)(H2,11,12,16)(H2,17,18,19)/t5-,6?,7+,8+/m1/s1. The average Bonchev–Trinajstić information content (AvgIpc) is 2.81. The molecule has 3 unspecified atom stereocenters. The van der Waals surface area contributed by atoms with Crippen molar-refractivity contribution in [3.8, 4) is 0 Å². The van der Waals surface area contributed by atoms with E-state index in [-0.39, 0.29) is 11.5 Å². The van der Waals surface area contributed by atoms with E-state index in [4.69, 9.17) is 25.2 Å². The van der Waals surface area contributed by atoms with Crippen LogP contribution in [-0.2, 0) is 38.6 Å². The molecular formula is C10H18N3O14P3. The Balaban J connectivity index is 2.09. The molecule has 1 aromatic heterocycles. The molecule has 0 spiro atoms. The fourth-order valence-electron chi connectivity index (χ4n) is 2.39. The lowest BCUT2D eigenvalue weighted by Crippen LogP contribution is -2.33. The monoisotopic (exact) mass is 497 g/mol. The summed E-state index contributed by atoms with van der Waals surface area (Å²) >= 11 is 0. The van der Waals surface area contributed by atoms with E-state index in [0.29, 0.717) is 0 Å². The van der Waals surface area contributed by atoms with E-state index in [0.717, 1.165) is 0 Å². The average molecular weight is 497 g/mol. The molecule has 17 nitrogen and oxygen atoms in total. The van der Waals surface area contributed by atoms with Gasteiger partial charge in [-0.2, -0.15) is 13.6 Å². The van der Waals surface area contributed by atoms with Crippen LogP contribution in [0.4, 0.5) is 5.95 Å². The van der Waals surface area contributed by atoms with Gasteiger partial charge in [0.15, 0.2) is 0 Å². The number of rotatable bonds is 8. The number of phosphoric ester groups is 1. The van der Waals surface area contributed by atoms with Gasteiger partial charge in [-0.25, -0.2) is 13.7 Å². The number of phosphoric acid groups is 3. The van der Waals surface area contributed by atoms with Crippen LogP contribution in [-0.4, -0.2) is 64.3 Å². The molecule has 1 aromatic rings. The van der Waals surface area contributed by atoms with Crippen molar-refractivity contribution >= 4 is 29.4 Å². The fraction of sp³-hybridized carbons (Fsp3) is 0.600. The van der Waals surface area contributed by atoms with Crippen LogP contribution in [0.15, 0.2) is 11.0 Å². The SMILES string of the molecule is Cn1cc([C@@H]2O[C@H](COP(=O)(O)OP(=O)(O)OP(=O)(O)O)C(O)[C@@H]2O)c(=O)nc1N. The van der Waals surface area contributed by atoms with Gasteiger partial charge < -0.3 is 44.8 Å². The van der Waals surface area contributed by atoms with Crippen molar-refractivity contribution in [1.82, 2.24) is 9.55 Å². The summed E-state index contributed by atoms with van der Waals surface area (Å²) in [5, 5.41) is 20.2.